The summed E-state index contributed by atoms with van der Waals surface area (Å²) in [6.45, 7) is 3.61. The van der Waals surface area contributed by atoms with Crippen LogP contribution in [-0.2, 0) is 11.3 Å². The molecule has 0 unspecified atom stereocenters. The number of carbonyl (C=O) groups is 3. The number of anilines is 1. The van der Waals surface area contributed by atoms with Crippen LogP contribution in [0.2, 0.25) is 0 Å². The third-order valence-corrected chi connectivity index (χ3v) is 7.60. The maximum Gasteiger partial charge on any atom is 0.294 e. The fourth-order valence-electron chi connectivity index (χ4n) is 5.87. The SMILES string of the molecule is C/C=C(\NNC)C1(NC(=O)C(=O)c2c(C)c(C(=O)Nc3ccc(F)c(F)c3)c3n2C[C@@H]2C[C@H]32)CC(F)(F)C1. The molecule has 1 aliphatic heterocycles. The summed E-state index contributed by atoms with van der Waals surface area (Å²) in [7, 11) is 1.55. The zero-order valence-corrected chi connectivity index (χ0v) is 21.0. The van der Waals surface area contributed by atoms with Crippen molar-refractivity contribution in [1.82, 2.24) is 20.7 Å². The summed E-state index contributed by atoms with van der Waals surface area (Å²) in [5, 5.41) is 5.06. The van der Waals surface area contributed by atoms with Gasteiger partial charge in [-0.25, -0.2) is 23.0 Å². The van der Waals surface area contributed by atoms with E-state index >= 15 is 0 Å². The number of hydrogen-bond donors (Lipinski definition) is 4. The fraction of sp³-hybridized carbons (Fsp3) is 0.423. The van der Waals surface area contributed by atoms with Crippen LogP contribution in [0.3, 0.4) is 0 Å². The summed E-state index contributed by atoms with van der Waals surface area (Å²) < 4.78 is 56.5. The second kappa shape index (κ2) is 8.97. The number of aromatic nitrogens is 1. The highest BCUT2D eigenvalue weighted by atomic mass is 19.3. The lowest BCUT2D eigenvalue weighted by atomic mass is 9.70. The minimum Gasteiger partial charge on any atom is -0.340 e. The Morgan fingerprint density at radius 1 is 1.13 bits per heavy atom. The number of ketones is 1. The number of hydrogen-bond acceptors (Lipinski definition) is 5. The van der Waals surface area contributed by atoms with E-state index in [0.717, 1.165) is 18.6 Å². The lowest BCUT2D eigenvalue weighted by Crippen LogP contribution is -2.66. The second-order valence-corrected chi connectivity index (χ2v) is 10.2. The summed E-state index contributed by atoms with van der Waals surface area (Å²) in [5.41, 5.74) is 5.38. The predicted octanol–water partition coefficient (Wildman–Crippen LogP) is 3.54. The van der Waals surface area contributed by atoms with E-state index in [1.165, 1.54) is 13.0 Å². The van der Waals surface area contributed by atoms with Gasteiger partial charge in [0.05, 0.1) is 16.8 Å². The van der Waals surface area contributed by atoms with Gasteiger partial charge in [0.15, 0.2) is 11.6 Å². The summed E-state index contributed by atoms with van der Waals surface area (Å²) in [4.78, 5) is 39.9. The van der Waals surface area contributed by atoms with Crippen molar-refractivity contribution in [2.24, 2.45) is 5.92 Å². The summed E-state index contributed by atoms with van der Waals surface area (Å²) >= 11 is 0. The first kappa shape index (κ1) is 26.0. The maximum atomic E-state index is 14.0. The van der Waals surface area contributed by atoms with Crippen LogP contribution in [0.25, 0.3) is 0 Å². The van der Waals surface area contributed by atoms with Gasteiger partial charge in [-0.2, -0.15) is 0 Å². The minimum atomic E-state index is -3.00. The van der Waals surface area contributed by atoms with Crippen molar-refractivity contribution < 1.29 is 31.9 Å². The number of amides is 2. The van der Waals surface area contributed by atoms with Crippen LogP contribution in [0, 0.1) is 24.5 Å². The van der Waals surface area contributed by atoms with E-state index in [9.17, 15) is 31.9 Å². The van der Waals surface area contributed by atoms with Crippen LogP contribution >= 0.6 is 0 Å². The number of benzene rings is 1. The molecule has 1 aromatic carbocycles. The van der Waals surface area contributed by atoms with Crippen LogP contribution in [0.1, 0.15) is 64.2 Å². The zero-order valence-electron chi connectivity index (χ0n) is 21.0. The molecule has 2 amide bonds. The van der Waals surface area contributed by atoms with Crippen molar-refractivity contribution in [2.75, 3.05) is 12.4 Å². The molecular formula is C26H27F4N5O3. The number of rotatable bonds is 8. The number of carbonyl (C=O) groups excluding carboxylic acids is 3. The van der Waals surface area contributed by atoms with E-state index in [1.54, 1.807) is 24.6 Å². The molecule has 1 aromatic heterocycles. The first-order valence-electron chi connectivity index (χ1n) is 12.2. The van der Waals surface area contributed by atoms with Crippen LogP contribution in [-0.4, -0.2) is 40.7 Å². The normalized spacial score (nSPS) is 22.1. The topological polar surface area (TPSA) is 104 Å². The van der Waals surface area contributed by atoms with Crippen LogP contribution in [0.5, 0.6) is 0 Å². The molecule has 2 fully saturated rings. The standard InChI is InChI=1S/C26H27F4N5O3/c1-4-18(34-31-3)25(10-26(29,30)11-25)33-24(38)22(36)20-12(2)19(21-15-7-13(15)9-35(20)21)23(37)32-14-5-6-16(27)17(28)8-14/h4-6,8,13,15,31,34H,7,9-11H2,1-3H3,(H,32,37)(H,33,38)/b18-4-/t13-,15-/m0/s1. The van der Waals surface area contributed by atoms with Gasteiger partial charge in [-0.1, -0.05) is 6.08 Å². The van der Waals surface area contributed by atoms with E-state index in [4.69, 9.17) is 0 Å². The largest absolute Gasteiger partial charge is 0.340 e. The molecule has 38 heavy (non-hydrogen) atoms. The Morgan fingerprint density at radius 3 is 2.45 bits per heavy atom. The van der Waals surface area contributed by atoms with Crippen molar-refractivity contribution >= 4 is 23.3 Å². The number of nitrogens with zero attached hydrogens (tertiary/aromatic N) is 1. The van der Waals surface area contributed by atoms with E-state index in [1.807, 2.05) is 0 Å². The third-order valence-electron chi connectivity index (χ3n) is 7.60. The van der Waals surface area contributed by atoms with Gasteiger partial charge in [-0.3, -0.25) is 14.4 Å². The zero-order chi connectivity index (χ0) is 27.6. The fourth-order valence-corrected chi connectivity index (χ4v) is 5.87. The average Bonchev–Trinajstić information content (AvgIpc) is 3.41. The Morgan fingerprint density at radius 2 is 1.84 bits per heavy atom. The molecule has 0 spiro atoms. The molecule has 5 rings (SSSR count). The van der Waals surface area contributed by atoms with Gasteiger partial charge in [0, 0.05) is 55.5 Å². The number of Topliss-reactive ketones (excluding diaryl/α,β-unsaturated/α-hetero) is 1. The van der Waals surface area contributed by atoms with Gasteiger partial charge in [-0.05, 0) is 43.9 Å². The lowest BCUT2D eigenvalue weighted by Gasteiger charge is -2.48. The molecular weight excluding hydrogens is 506 g/mol. The van der Waals surface area contributed by atoms with E-state index in [2.05, 4.69) is 21.5 Å². The predicted molar refractivity (Wildman–Crippen MR) is 130 cm³/mol. The Kier molecular flexibility index (Phi) is 6.13. The number of allylic oxidation sites excluding steroid dienone is 1. The van der Waals surface area contributed by atoms with Crippen LogP contribution < -0.4 is 21.5 Å². The van der Waals surface area contributed by atoms with Crippen molar-refractivity contribution in [3.63, 3.8) is 0 Å². The molecule has 4 N–H and O–H groups in total. The van der Waals surface area contributed by atoms with E-state index in [0.29, 0.717) is 17.9 Å². The van der Waals surface area contributed by atoms with Crippen LogP contribution in [0.15, 0.2) is 30.0 Å². The Labute approximate surface area is 215 Å². The molecule has 0 bridgehead atoms. The molecule has 3 aliphatic rings. The Balaban J connectivity index is 1.45. The number of halogens is 4. The van der Waals surface area contributed by atoms with E-state index < -0.39 is 53.5 Å². The van der Waals surface area contributed by atoms with Gasteiger partial charge >= 0.3 is 0 Å². The lowest BCUT2D eigenvalue weighted by molar-refractivity contribution is -0.138. The average molecular weight is 534 g/mol. The number of fused-ring (bicyclic) bond motifs is 3. The van der Waals surface area contributed by atoms with Gasteiger partial charge < -0.3 is 20.6 Å². The molecule has 8 nitrogen and oxygen atoms in total. The highest BCUT2D eigenvalue weighted by molar-refractivity contribution is 6.43. The van der Waals surface area contributed by atoms with Crippen molar-refractivity contribution in [1.29, 1.82) is 0 Å². The van der Waals surface area contributed by atoms with Crippen molar-refractivity contribution in [2.45, 2.75) is 57.0 Å². The second-order valence-electron chi connectivity index (χ2n) is 10.2. The molecule has 2 aromatic rings. The summed E-state index contributed by atoms with van der Waals surface area (Å²) in [5.74, 6) is -7.54. The van der Waals surface area contributed by atoms with Gasteiger partial charge in [-0.15, -0.1) is 0 Å². The van der Waals surface area contributed by atoms with Crippen molar-refractivity contribution in [3.8, 4) is 0 Å². The monoisotopic (exact) mass is 533 g/mol. The molecule has 2 atom stereocenters. The molecule has 2 aliphatic carbocycles. The summed E-state index contributed by atoms with van der Waals surface area (Å²) in [6.07, 6.45) is 1.02. The molecule has 2 saturated carbocycles. The smallest absolute Gasteiger partial charge is 0.294 e. The Hall–Kier alpha value is -3.67. The van der Waals surface area contributed by atoms with Crippen LogP contribution in [0.4, 0.5) is 23.2 Å². The van der Waals surface area contributed by atoms with Crippen molar-refractivity contribution in [3.05, 3.63) is 64.1 Å². The molecule has 0 radical (unpaired) electrons. The van der Waals surface area contributed by atoms with Gasteiger partial charge in [0.25, 0.3) is 23.5 Å². The number of nitrogens with one attached hydrogen (secondary N) is 4. The minimum absolute atomic E-state index is 0.0185. The molecule has 202 valence electrons. The highest BCUT2D eigenvalue weighted by Crippen LogP contribution is 2.56. The van der Waals surface area contributed by atoms with E-state index in [-0.39, 0.29) is 34.3 Å². The molecule has 12 heteroatoms. The van der Waals surface area contributed by atoms with Gasteiger partial charge in [0.2, 0.25) is 0 Å². The highest BCUT2D eigenvalue weighted by Gasteiger charge is 2.60. The third kappa shape index (κ3) is 4.16. The number of hydrazine groups is 1. The first-order valence-corrected chi connectivity index (χ1v) is 12.2. The first-order chi connectivity index (χ1) is 17.9. The van der Waals surface area contributed by atoms with Gasteiger partial charge in [0.1, 0.15) is 0 Å². The maximum absolute atomic E-state index is 14.0. The Bertz CT molecular complexity index is 1390. The molecule has 2 heterocycles. The number of alkyl halides is 2. The molecule has 0 saturated heterocycles. The summed E-state index contributed by atoms with van der Waals surface area (Å²) in [6, 6.07) is 2.96. The quantitative estimate of drug-likeness (QED) is 0.180.